The third-order valence-corrected chi connectivity index (χ3v) is 3.98. The SMILES string of the molecule is CC.Cc1nc2cc3sc(C)nc3cc2s1. The summed E-state index contributed by atoms with van der Waals surface area (Å²) in [6, 6.07) is 4.28. The number of rotatable bonds is 0. The largest absolute Gasteiger partial charge is 0.241 e. The van der Waals surface area contributed by atoms with E-state index >= 15 is 0 Å². The smallest absolute Gasteiger partial charge is 0.0907 e. The van der Waals surface area contributed by atoms with E-state index in [9.17, 15) is 0 Å². The van der Waals surface area contributed by atoms with Crippen molar-refractivity contribution in [3.63, 3.8) is 0 Å². The second kappa shape index (κ2) is 4.47. The van der Waals surface area contributed by atoms with Crippen LogP contribution >= 0.6 is 22.7 Å². The Morgan fingerprint density at radius 3 is 1.56 bits per heavy atom. The molecule has 84 valence electrons. The molecule has 2 heterocycles. The lowest BCUT2D eigenvalue weighted by atomic mass is 10.3. The molecule has 16 heavy (non-hydrogen) atoms. The number of hydrogen-bond donors (Lipinski definition) is 0. The van der Waals surface area contributed by atoms with Crippen molar-refractivity contribution in [3.05, 3.63) is 22.1 Å². The van der Waals surface area contributed by atoms with Crippen molar-refractivity contribution in [3.8, 4) is 0 Å². The molecule has 4 heteroatoms. The predicted molar refractivity (Wildman–Crippen MR) is 73.6 cm³/mol. The molecule has 0 amide bonds. The van der Waals surface area contributed by atoms with E-state index in [0.717, 1.165) is 21.0 Å². The molecular weight excluding hydrogens is 236 g/mol. The predicted octanol–water partition coefficient (Wildman–Crippen LogP) is 4.55. The minimum Gasteiger partial charge on any atom is -0.241 e. The molecule has 0 spiro atoms. The maximum atomic E-state index is 4.47. The minimum absolute atomic E-state index is 1.10. The fourth-order valence-electron chi connectivity index (χ4n) is 1.58. The Kier molecular flexibility index (Phi) is 3.21. The summed E-state index contributed by atoms with van der Waals surface area (Å²) in [5, 5.41) is 2.24. The Balaban J connectivity index is 0.000000457. The van der Waals surface area contributed by atoms with Crippen LogP contribution in [0.1, 0.15) is 23.9 Å². The fraction of sp³-hybridized carbons (Fsp3) is 0.333. The standard InChI is InChI=1S/C10H8N2S2.C2H6/c1-5-11-7-3-10-8(4-9(7)13-5)12-6(2)14-10;1-2/h3-4H,1-2H3;1-2H3. The van der Waals surface area contributed by atoms with Gasteiger partial charge in [-0.1, -0.05) is 13.8 Å². The molecule has 0 fully saturated rings. The molecule has 0 saturated heterocycles. The lowest BCUT2D eigenvalue weighted by Crippen LogP contribution is -1.70. The molecule has 2 nitrogen and oxygen atoms in total. The summed E-state index contributed by atoms with van der Waals surface area (Å²) < 4.78 is 2.47. The van der Waals surface area contributed by atoms with Crippen molar-refractivity contribution in [1.29, 1.82) is 0 Å². The lowest BCUT2D eigenvalue weighted by Gasteiger charge is -1.86. The van der Waals surface area contributed by atoms with Gasteiger partial charge in [0.2, 0.25) is 0 Å². The first-order chi connectivity index (χ1) is 7.72. The van der Waals surface area contributed by atoms with E-state index in [-0.39, 0.29) is 0 Å². The molecule has 0 atom stereocenters. The normalized spacial score (nSPS) is 10.5. The van der Waals surface area contributed by atoms with Crippen LogP contribution in [0.4, 0.5) is 0 Å². The highest BCUT2D eigenvalue weighted by molar-refractivity contribution is 7.20. The molecule has 0 aliphatic rings. The van der Waals surface area contributed by atoms with Gasteiger partial charge in [0.25, 0.3) is 0 Å². The number of aromatic nitrogens is 2. The van der Waals surface area contributed by atoms with Gasteiger partial charge in [-0.2, -0.15) is 0 Å². The molecule has 0 saturated carbocycles. The molecule has 3 rings (SSSR count). The van der Waals surface area contributed by atoms with E-state index < -0.39 is 0 Å². The number of thiazole rings is 2. The van der Waals surface area contributed by atoms with Gasteiger partial charge >= 0.3 is 0 Å². The average Bonchev–Trinajstić information content (AvgIpc) is 2.76. The number of benzene rings is 1. The van der Waals surface area contributed by atoms with Gasteiger partial charge in [0.15, 0.2) is 0 Å². The van der Waals surface area contributed by atoms with Crippen LogP contribution in [-0.2, 0) is 0 Å². The molecule has 0 bridgehead atoms. The molecule has 2 aromatic heterocycles. The summed E-state index contributed by atoms with van der Waals surface area (Å²) in [5.41, 5.74) is 2.20. The second-order valence-electron chi connectivity index (χ2n) is 3.25. The average molecular weight is 250 g/mol. The molecule has 1 aromatic carbocycles. The van der Waals surface area contributed by atoms with E-state index in [1.807, 2.05) is 27.7 Å². The van der Waals surface area contributed by atoms with Crippen molar-refractivity contribution < 1.29 is 0 Å². The van der Waals surface area contributed by atoms with E-state index in [1.54, 1.807) is 22.7 Å². The quantitative estimate of drug-likeness (QED) is 0.585. The highest BCUT2D eigenvalue weighted by Crippen LogP contribution is 2.29. The Labute approximate surface area is 103 Å². The molecule has 0 unspecified atom stereocenters. The fourth-order valence-corrected chi connectivity index (χ4v) is 3.26. The van der Waals surface area contributed by atoms with Crippen molar-refractivity contribution >= 4 is 43.1 Å². The molecule has 3 aromatic rings. The number of fused-ring (bicyclic) bond motifs is 2. The van der Waals surface area contributed by atoms with Crippen LogP contribution in [0.3, 0.4) is 0 Å². The number of hydrogen-bond acceptors (Lipinski definition) is 4. The van der Waals surface area contributed by atoms with Gasteiger partial charge in [0, 0.05) is 0 Å². The van der Waals surface area contributed by atoms with Crippen LogP contribution in [0.25, 0.3) is 20.4 Å². The molecule has 0 aliphatic heterocycles. The van der Waals surface area contributed by atoms with E-state index in [2.05, 4.69) is 22.1 Å². The first-order valence-electron chi connectivity index (χ1n) is 5.37. The van der Waals surface area contributed by atoms with Crippen LogP contribution in [0.5, 0.6) is 0 Å². The van der Waals surface area contributed by atoms with Gasteiger partial charge in [0.1, 0.15) is 0 Å². The molecular formula is C12H14N2S2. The van der Waals surface area contributed by atoms with Crippen LogP contribution < -0.4 is 0 Å². The molecule has 0 aliphatic carbocycles. The third kappa shape index (κ3) is 1.95. The summed E-state index contributed by atoms with van der Waals surface area (Å²) in [7, 11) is 0. The highest BCUT2D eigenvalue weighted by atomic mass is 32.1. The van der Waals surface area contributed by atoms with Crippen molar-refractivity contribution in [1.82, 2.24) is 9.97 Å². The summed E-state index contributed by atoms with van der Waals surface area (Å²) in [6.45, 7) is 8.08. The minimum atomic E-state index is 1.10. The van der Waals surface area contributed by atoms with E-state index in [0.29, 0.717) is 0 Å². The molecule has 0 N–H and O–H groups in total. The van der Waals surface area contributed by atoms with Crippen LogP contribution in [0.2, 0.25) is 0 Å². The van der Waals surface area contributed by atoms with Gasteiger partial charge in [0.05, 0.1) is 30.4 Å². The Morgan fingerprint density at radius 2 is 1.19 bits per heavy atom. The monoisotopic (exact) mass is 250 g/mol. The zero-order chi connectivity index (χ0) is 11.7. The van der Waals surface area contributed by atoms with Crippen molar-refractivity contribution in [2.24, 2.45) is 0 Å². The Hall–Kier alpha value is -1.00. The zero-order valence-electron chi connectivity index (χ0n) is 9.87. The summed E-state index contributed by atoms with van der Waals surface area (Å²) in [4.78, 5) is 8.94. The highest BCUT2D eigenvalue weighted by Gasteiger charge is 2.05. The Morgan fingerprint density at radius 1 is 0.812 bits per heavy atom. The summed E-state index contributed by atoms with van der Waals surface area (Å²) in [5.74, 6) is 0. The first-order valence-corrected chi connectivity index (χ1v) is 7.00. The summed E-state index contributed by atoms with van der Waals surface area (Å²) in [6.07, 6.45) is 0. The first kappa shape index (κ1) is 11.5. The van der Waals surface area contributed by atoms with Gasteiger partial charge in [-0.05, 0) is 26.0 Å². The van der Waals surface area contributed by atoms with Crippen LogP contribution in [0, 0.1) is 13.8 Å². The van der Waals surface area contributed by atoms with Crippen LogP contribution in [-0.4, -0.2) is 9.97 Å². The maximum absolute atomic E-state index is 4.47. The maximum Gasteiger partial charge on any atom is 0.0907 e. The second-order valence-corrected chi connectivity index (χ2v) is 5.72. The van der Waals surface area contributed by atoms with Gasteiger partial charge in [-0.3, -0.25) is 0 Å². The lowest BCUT2D eigenvalue weighted by molar-refractivity contribution is 1.34. The Bertz CT molecular complexity index is 520. The van der Waals surface area contributed by atoms with Gasteiger partial charge in [-0.25, -0.2) is 9.97 Å². The topological polar surface area (TPSA) is 25.8 Å². The molecule has 0 radical (unpaired) electrons. The van der Waals surface area contributed by atoms with E-state index in [1.165, 1.54) is 9.40 Å². The van der Waals surface area contributed by atoms with Crippen molar-refractivity contribution in [2.75, 3.05) is 0 Å². The van der Waals surface area contributed by atoms with E-state index in [4.69, 9.17) is 0 Å². The number of aryl methyl sites for hydroxylation is 2. The van der Waals surface area contributed by atoms with Gasteiger partial charge < -0.3 is 0 Å². The third-order valence-electron chi connectivity index (χ3n) is 2.11. The van der Waals surface area contributed by atoms with Gasteiger partial charge in [-0.15, -0.1) is 22.7 Å². The summed E-state index contributed by atoms with van der Waals surface area (Å²) >= 11 is 3.46. The number of nitrogens with zero attached hydrogens (tertiary/aromatic N) is 2. The van der Waals surface area contributed by atoms with Crippen LogP contribution in [0.15, 0.2) is 12.1 Å². The zero-order valence-corrected chi connectivity index (χ0v) is 11.5. The van der Waals surface area contributed by atoms with Crippen molar-refractivity contribution in [2.45, 2.75) is 27.7 Å².